The van der Waals surface area contributed by atoms with Crippen LogP contribution in [0.1, 0.15) is 29.8 Å². The molecule has 0 radical (unpaired) electrons. The first kappa shape index (κ1) is 18.7. The smallest absolute Gasteiger partial charge is 0.262 e. The molecule has 6 heteroatoms. The first-order valence-electron chi connectivity index (χ1n) is 7.92. The number of hydrogen-bond acceptors (Lipinski definition) is 3. The number of benzene rings is 2. The molecular weight excluding hydrogens is 338 g/mol. The lowest BCUT2D eigenvalue weighted by Gasteiger charge is -2.20. The lowest BCUT2D eigenvalue weighted by molar-refractivity contribution is -0.123. The van der Waals surface area contributed by atoms with E-state index in [1.807, 2.05) is 44.2 Å². The maximum Gasteiger partial charge on any atom is 0.262 e. The van der Waals surface area contributed by atoms with Gasteiger partial charge in [0.1, 0.15) is 6.04 Å². The Bertz CT molecular complexity index is 760. The summed E-state index contributed by atoms with van der Waals surface area (Å²) in [6.07, 6.45) is 1.55. The molecule has 0 heterocycles. The van der Waals surface area contributed by atoms with Crippen LogP contribution in [0, 0.1) is 5.92 Å². The van der Waals surface area contributed by atoms with Gasteiger partial charge in [0.15, 0.2) is 0 Å². The average molecular weight is 358 g/mol. The van der Waals surface area contributed by atoms with Crippen LogP contribution in [-0.4, -0.2) is 24.1 Å². The van der Waals surface area contributed by atoms with Crippen molar-refractivity contribution in [2.45, 2.75) is 19.9 Å². The van der Waals surface area contributed by atoms with Gasteiger partial charge in [-0.15, -0.1) is 0 Å². The van der Waals surface area contributed by atoms with Gasteiger partial charge in [0.25, 0.3) is 11.8 Å². The van der Waals surface area contributed by atoms with Gasteiger partial charge in [0, 0.05) is 10.6 Å². The van der Waals surface area contributed by atoms with E-state index >= 15 is 0 Å². The molecule has 25 heavy (non-hydrogen) atoms. The number of hydrogen-bond donors (Lipinski definition) is 2. The van der Waals surface area contributed by atoms with Crippen molar-refractivity contribution in [3.05, 3.63) is 70.7 Å². The maximum atomic E-state index is 12.3. The van der Waals surface area contributed by atoms with Crippen molar-refractivity contribution in [3.63, 3.8) is 0 Å². The van der Waals surface area contributed by atoms with Crippen molar-refractivity contribution in [2.24, 2.45) is 11.0 Å². The van der Waals surface area contributed by atoms with Crippen LogP contribution in [0.4, 0.5) is 0 Å². The van der Waals surface area contributed by atoms with Gasteiger partial charge in [-0.25, -0.2) is 5.43 Å². The van der Waals surface area contributed by atoms with E-state index in [0.29, 0.717) is 10.6 Å². The summed E-state index contributed by atoms with van der Waals surface area (Å²) < 4.78 is 0. The number of halogens is 1. The zero-order valence-electron chi connectivity index (χ0n) is 14.1. The molecule has 5 nitrogen and oxygen atoms in total. The summed E-state index contributed by atoms with van der Waals surface area (Å²) >= 11 is 5.90. The molecule has 130 valence electrons. The molecule has 2 aromatic rings. The lowest BCUT2D eigenvalue weighted by atomic mass is 10.0. The third kappa shape index (κ3) is 5.72. The molecule has 0 bridgehead atoms. The van der Waals surface area contributed by atoms with Crippen molar-refractivity contribution in [2.75, 3.05) is 0 Å². The SMILES string of the molecule is CC(C)C(NC(=O)c1cccc(Cl)c1)C(=O)N/N=C\c1ccccc1. The molecule has 0 aliphatic carbocycles. The van der Waals surface area contributed by atoms with Crippen molar-refractivity contribution in [1.82, 2.24) is 10.7 Å². The molecule has 0 aliphatic rings. The molecule has 0 fully saturated rings. The van der Waals surface area contributed by atoms with Crippen LogP contribution in [0.5, 0.6) is 0 Å². The van der Waals surface area contributed by atoms with Crippen molar-refractivity contribution in [3.8, 4) is 0 Å². The van der Waals surface area contributed by atoms with Crippen LogP contribution in [0.2, 0.25) is 5.02 Å². The largest absolute Gasteiger partial charge is 0.340 e. The van der Waals surface area contributed by atoms with Gasteiger partial charge >= 0.3 is 0 Å². The fourth-order valence-corrected chi connectivity index (χ4v) is 2.36. The first-order chi connectivity index (χ1) is 12.0. The number of carbonyl (C=O) groups excluding carboxylic acids is 2. The second-order valence-corrected chi connectivity index (χ2v) is 6.29. The van der Waals surface area contributed by atoms with Crippen LogP contribution in [0.3, 0.4) is 0 Å². The van der Waals surface area contributed by atoms with Crippen molar-refractivity contribution < 1.29 is 9.59 Å². The van der Waals surface area contributed by atoms with Gasteiger partial charge < -0.3 is 5.32 Å². The highest BCUT2D eigenvalue weighted by molar-refractivity contribution is 6.31. The molecule has 2 amide bonds. The number of nitrogens with zero attached hydrogens (tertiary/aromatic N) is 1. The Kier molecular flexibility index (Phi) is 6.71. The minimum Gasteiger partial charge on any atom is -0.340 e. The summed E-state index contributed by atoms with van der Waals surface area (Å²) in [6, 6.07) is 15.3. The van der Waals surface area contributed by atoms with Crippen LogP contribution >= 0.6 is 11.6 Å². The zero-order chi connectivity index (χ0) is 18.2. The highest BCUT2D eigenvalue weighted by Gasteiger charge is 2.24. The Morgan fingerprint density at radius 2 is 1.80 bits per heavy atom. The third-order valence-corrected chi connectivity index (χ3v) is 3.75. The summed E-state index contributed by atoms with van der Waals surface area (Å²) in [5.41, 5.74) is 3.74. The monoisotopic (exact) mass is 357 g/mol. The van der Waals surface area contributed by atoms with Crippen LogP contribution in [-0.2, 0) is 4.79 Å². The summed E-state index contributed by atoms with van der Waals surface area (Å²) in [7, 11) is 0. The second kappa shape index (κ2) is 8.99. The van der Waals surface area contributed by atoms with E-state index in [1.165, 1.54) is 0 Å². The summed E-state index contributed by atoms with van der Waals surface area (Å²) in [4.78, 5) is 24.7. The molecule has 0 saturated heterocycles. The predicted octanol–water partition coefficient (Wildman–Crippen LogP) is 3.24. The Balaban J connectivity index is 2.00. The van der Waals surface area contributed by atoms with Crippen LogP contribution in [0.25, 0.3) is 0 Å². The first-order valence-corrected chi connectivity index (χ1v) is 8.29. The van der Waals surface area contributed by atoms with Gasteiger partial charge in [-0.3, -0.25) is 9.59 Å². The number of amides is 2. The maximum absolute atomic E-state index is 12.3. The number of hydrazone groups is 1. The van der Waals surface area contributed by atoms with Crippen LogP contribution in [0.15, 0.2) is 59.7 Å². The predicted molar refractivity (Wildman–Crippen MR) is 99.7 cm³/mol. The number of nitrogens with one attached hydrogen (secondary N) is 2. The van der Waals surface area contributed by atoms with E-state index in [1.54, 1.807) is 30.5 Å². The lowest BCUT2D eigenvalue weighted by Crippen LogP contribution is -2.48. The molecule has 1 atom stereocenters. The quantitative estimate of drug-likeness (QED) is 0.615. The van der Waals surface area contributed by atoms with E-state index in [4.69, 9.17) is 11.6 Å². The van der Waals surface area contributed by atoms with Gasteiger partial charge in [0.2, 0.25) is 0 Å². The highest BCUT2D eigenvalue weighted by Crippen LogP contribution is 2.11. The van der Waals surface area contributed by atoms with Crippen LogP contribution < -0.4 is 10.7 Å². The molecule has 0 spiro atoms. The van der Waals surface area contributed by atoms with Crippen molar-refractivity contribution >= 4 is 29.6 Å². The summed E-state index contributed by atoms with van der Waals surface area (Å²) in [5.74, 6) is -0.837. The standard InChI is InChI=1S/C19H20ClN3O2/c1-13(2)17(22-18(24)15-9-6-10-16(20)11-15)19(25)23-21-12-14-7-4-3-5-8-14/h3-13,17H,1-2H3,(H,22,24)(H,23,25)/b21-12-. The Labute approximate surface area is 152 Å². The van der Waals surface area contributed by atoms with E-state index < -0.39 is 6.04 Å². The van der Waals surface area contributed by atoms with Crippen molar-refractivity contribution in [1.29, 1.82) is 0 Å². The Morgan fingerprint density at radius 3 is 2.44 bits per heavy atom. The highest BCUT2D eigenvalue weighted by atomic mass is 35.5. The molecule has 2 rings (SSSR count). The molecule has 1 unspecified atom stereocenters. The van der Waals surface area contributed by atoms with E-state index in [2.05, 4.69) is 15.8 Å². The molecule has 0 aliphatic heterocycles. The van der Waals surface area contributed by atoms with E-state index in [9.17, 15) is 9.59 Å². The molecule has 2 N–H and O–H groups in total. The molecular formula is C19H20ClN3O2. The normalized spacial score (nSPS) is 12.2. The molecule has 0 aromatic heterocycles. The fourth-order valence-electron chi connectivity index (χ4n) is 2.17. The minimum atomic E-state index is -0.709. The fraction of sp³-hybridized carbons (Fsp3) is 0.211. The summed E-state index contributed by atoms with van der Waals surface area (Å²) in [5, 5.41) is 7.13. The molecule has 0 saturated carbocycles. The number of carbonyl (C=O) groups is 2. The topological polar surface area (TPSA) is 70.6 Å². The van der Waals surface area contributed by atoms with Gasteiger partial charge in [-0.05, 0) is 29.7 Å². The average Bonchev–Trinajstić information content (AvgIpc) is 2.60. The zero-order valence-corrected chi connectivity index (χ0v) is 14.8. The Hall–Kier alpha value is -2.66. The minimum absolute atomic E-state index is 0.102. The van der Waals surface area contributed by atoms with E-state index in [0.717, 1.165) is 5.56 Å². The van der Waals surface area contributed by atoms with Gasteiger partial charge in [-0.2, -0.15) is 5.10 Å². The Morgan fingerprint density at radius 1 is 1.08 bits per heavy atom. The molecule has 2 aromatic carbocycles. The second-order valence-electron chi connectivity index (χ2n) is 5.85. The van der Waals surface area contributed by atoms with Gasteiger partial charge in [-0.1, -0.05) is 61.8 Å². The number of rotatable bonds is 6. The third-order valence-electron chi connectivity index (χ3n) is 3.51. The van der Waals surface area contributed by atoms with Gasteiger partial charge in [0.05, 0.1) is 6.21 Å². The summed E-state index contributed by atoms with van der Waals surface area (Å²) in [6.45, 7) is 3.70. The van der Waals surface area contributed by atoms with E-state index in [-0.39, 0.29) is 17.7 Å².